The van der Waals surface area contributed by atoms with Crippen LogP contribution in [0.2, 0.25) is 0 Å². The third-order valence-electron chi connectivity index (χ3n) is 2.21. The summed E-state index contributed by atoms with van der Waals surface area (Å²) in [6, 6.07) is 1.70. The number of nitrogens with zero attached hydrogens (tertiary/aromatic N) is 1. The van der Waals surface area contributed by atoms with Gasteiger partial charge in [-0.15, -0.1) is 0 Å². The van der Waals surface area contributed by atoms with Crippen molar-refractivity contribution in [2.75, 3.05) is 19.7 Å². The predicted molar refractivity (Wildman–Crippen MR) is 61.2 cm³/mol. The summed E-state index contributed by atoms with van der Waals surface area (Å²) in [6.07, 6.45) is 4.33. The summed E-state index contributed by atoms with van der Waals surface area (Å²) >= 11 is 0. The number of hydrogen-bond acceptors (Lipinski definition) is 3. The monoisotopic (exact) mass is 223 g/mol. The van der Waals surface area contributed by atoms with Crippen LogP contribution in [0.3, 0.4) is 0 Å². The first-order chi connectivity index (χ1) is 7.74. The summed E-state index contributed by atoms with van der Waals surface area (Å²) < 4.78 is 0. The van der Waals surface area contributed by atoms with Gasteiger partial charge in [0.2, 0.25) is 0 Å². The molecule has 0 aliphatic carbocycles. The van der Waals surface area contributed by atoms with Gasteiger partial charge >= 0.3 is 6.03 Å². The Bertz CT molecular complexity index is 342. The highest BCUT2D eigenvalue weighted by Crippen LogP contribution is 2.04. The van der Waals surface area contributed by atoms with E-state index in [0.29, 0.717) is 6.54 Å². The van der Waals surface area contributed by atoms with Gasteiger partial charge in [-0.2, -0.15) is 0 Å². The van der Waals surface area contributed by atoms with E-state index in [2.05, 4.69) is 15.6 Å². The number of amides is 2. The van der Waals surface area contributed by atoms with Crippen molar-refractivity contribution in [3.8, 4) is 0 Å². The molecule has 0 aliphatic rings. The number of hydrogen-bond donors (Lipinski definition) is 3. The van der Waals surface area contributed by atoms with Gasteiger partial charge in [-0.1, -0.05) is 0 Å². The summed E-state index contributed by atoms with van der Waals surface area (Å²) in [5.74, 6) is 0. The molecule has 1 aromatic heterocycles. The number of pyridine rings is 1. The highest BCUT2D eigenvalue weighted by Gasteiger charge is 2.00. The molecule has 0 aromatic carbocycles. The van der Waals surface area contributed by atoms with E-state index in [0.717, 1.165) is 12.0 Å². The largest absolute Gasteiger partial charge is 0.395 e. The number of aromatic nitrogens is 1. The molecule has 1 rings (SSSR count). The molecule has 16 heavy (non-hydrogen) atoms. The number of nitrogens with one attached hydrogen (secondary N) is 2. The number of aliphatic hydroxyl groups excluding tert-OH is 1. The van der Waals surface area contributed by atoms with Gasteiger partial charge in [-0.25, -0.2) is 4.79 Å². The van der Waals surface area contributed by atoms with Gasteiger partial charge in [-0.3, -0.25) is 4.98 Å². The molecule has 0 fully saturated rings. The minimum Gasteiger partial charge on any atom is -0.395 e. The average molecular weight is 223 g/mol. The molecule has 0 atom stereocenters. The highest BCUT2D eigenvalue weighted by molar-refractivity contribution is 5.73. The molecule has 1 aromatic rings. The molecule has 0 saturated carbocycles. The van der Waals surface area contributed by atoms with Gasteiger partial charge in [0.05, 0.1) is 6.61 Å². The number of aliphatic hydroxyl groups is 1. The lowest BCUT2D eigenvalue weighted by molar-refractivity contribution is 0.234. The van der Waals surface area contributed by atoms with Crippen LogP contribution in [-0.4, -0.2) is 35.8 Å². The van der Waals surface area contributed by atoms with Gasteiger partial charge in [-0.05, 0) is 30.5 Å². The second kappa shape index (κ2) is 6.79. The number of urea groups is 1. The summed E-state index contributed by atoms with van der Waals surface area (Å²) in [7, 11) is 0. The third kappa shape index (κ3) is 4.27. The molecule has 0 radical (unpaired) electrons. The van der Waals surface area contributed by atoms with Gasteiger partial charge in [0, 0.05) is 25.5 Å². The molecule has 1 heterocycles. The van der Waals surface area contributed by atoms with Crippen LogP contribution in [0.1, 0.15) is 11.1 Å². The van der Waals surface area contributed by atoms with Crippen molar-refractivity contribution in [2.45, 2.75) is 13.3 Å². The minimum absolute atomic E-state index is 0.0448. The molecular weight excluding hydrogens is 206 g/mol. The van der Waals surface area contributed by atoms with E-state index in [1.807, 2.05) is 13.0 Å². The van der Waals surface area contributed by atoms with E-state index in [9.17, 15) is 4.79 Å². The van der Waals surface area contributed by atoms with Crippen molar-refractivity contribution < 1.29 is 9.90 Å². The second-order valence-corrected chi connectivity index (χ2v) is 3.46. The van der Waals surface area contributed by atoms with Gasteiger partial charge < -0.3 is 15.7 Å². The molecule has 5 nitrogen and oxygen atoms in total. The Morgan fingerprint density at radius 2 is 2.19 bits per heavy atom. The summed E-state index contributed by atoms with van der Waals surface area (Å²) in [5.41, 5.74) is 2.30. The van der Waals surface area contributed by atoms with Crippen molar-refractivity contribution in [1.29, 1.82) is 0 Å². The first kappa shape index (κ1) is 12.4. The maximum Gasteiger partial charge on any atom is 0.314 e. The Balaban J connectivity index is 2.25. The first-order valence-electron chi connectivity index (χ1n) is 5.26. The summed E-state index contributed by atoms with van der Waals surface area (Å²) in [6.45, 7) is 2.80. The second-order valence-electron chi connectivity index (χ2n) is 3.46. The Morgan fingerprint density at radius 3 is 2.88 bits per heavy atom. The SMILES string of the molecule is Cc1cnccc1CCNC(=O)NCCO. The summed E-state index contributed by atoms with van der Waals surface area (Å²) in [4.78, 5) is 15.1. The molecule has 0 spiro atoms. The zero-order valence-electron chi connectivity index (χ0n) is 9.36. The van der Waals surface area contributed by atoms with Crippen LogP contribution in [0.4, 0.5) is 4.79 Å². The Labute approximate surface area is 94.9 Å². The van der Waals surface area contributed by atoms with Crippen LogP contribution in [0.15, 0.2) is 18.5 Å². The number of aryl methyl sites for hydroxylation is 1. The maximum atomic E-state index is 11.1. The zero-order valence-corrected chi connectivity index (χ0v) is 9.36. The van der Waals surface area contributed by atoms with E-state index in [-0.39, 0.29) is 19.2 Å². The van der Waals surface area contributed by atoms with Gasteiger partial charge in [0.1, 0.15) is 0 Å². The fourth-order valence-electron chi connectivity index (χ4n) is 1.33. The van der Waals surface area contributed by atoms with Crippen LogP contribution in [0.5, 0.6) is 0 Å². The van der Waals surface area contributed by atoms with Crippen LogP contribution in [0, 0.1) is 6.92 Å². The van der Waals surface area contributed by atoms with Crippen molar-refractivity contribution in [2.24, 2.45) is 0 Å². The van der Waals surface area contributed by atoms with Crippen LogP contribution >= 0.6 is 0 Å². The molecule has 5 heteroatoms. The molecule has 0 aliphatic heterocycles. The van der Waals surface area contributed by atoms with E-state index in [1.165, 1.54) is 5.56 Å². The average Bonchev–Trinajstić information content (AvgIpc) is 2.29. The Kier molecular flexibility index (Phi) is 5.28. The van der Waals surface area contributed by atoms with Gasteiger partial charge in [0.15, 0.2) is 0 Å². The van der Waals surface area contributed by atoms with Crippen LogP contribution < -0.4 is 10.6 Å². The minimum atomic E-state index is -0.249. The fourth-order valence-corrected chi connectivity index (χ4v) is 1.33. The van der Waals surface area contributed by atoms with Crippen LogP contribution in [-0.2, 0) is 6.42 Å². The van der Waals surface area contributed by atoms with Crippen molar-refractivity contribution in [1.82, 2.24) is 15.6 Å². The molecular formula is C11H17N3O2. The number of carbonyl (C=O) groups excluding carboxylic acids is 1. The third-order valence-corrected chi connectivity index (χ3v) is 2.21. The van der Waals surface area contributed by atoms with Gasteiger partial charge in [0.25, 0.3) is 0 Å². The topological polar surface area (TPSA) is 74.2 Å². The van der Waals surface area contributed by atoms with Crippen LogP contribution in [0.25, 0.3) is 0 Å². The van der Waals surface area contributed by atoms with E-state index >= 15 is 0 Å². The lowest BCUT2D eigenvalue weighted by Gasteiger charge is -2.07. The van der Waals surface area contributed by atoms with E-state index in [1.54, 1.807) is 12.4 Å². The quantitative estimate of drug-likeness (QED) is 0.668. The number of rotatable bonds is 5. The van der Waals surface area contributed by atoms with Crippen molar-refractivity contribution in [3.05, 3.63) is 29.6 Å². The molecule has 3 N–H and O–H groups in total. The normalized spacial score (nSPS) is 9.88. The highest BCUT2D eigenvalue weighted by atomic mass is 16.3. The lowest BCUT2D eigenvalue weighted by atomic mass is 10.1. The smallest absolute Gasteiger partial charge is 0.314 e. The van der Waals surface area contributed by atoms with Crippen molar-refractivity contribution in [3.63, 3.8) is 0 Å². The Morgan fingerprint density at radius 1 is 1.44 bits per heavy atom. The molecule has 2 amide bonds. The molecule has 0 bridgehead atoms. The predicted octanol–water partition coefficient (Wildman–Crippen LogP) is 0.224. The Hall–Kier alpha value is -1.62. The first-order valence-corrected chi connectivity index (χ1v) is 5.26. The molecule has 0 saturated heterocycles. The maximum absolute atomic E-state index is 11.1. The number of carbonyl (C=O) groups is 1. The van der Waals surface area contributed by atoms with E-state index < -0.39 is 0 Å². The summed E-state index contributed by atoms with van der Waals surface area (Å²) in [5, 5.41) is 13.7. The van der Waals surface area contributed by atoms with E-state index in [4.69, 9.17) is 5.11 Å². The fraction of sp³-hybridized carbons (Fsp3) is 0.455. The molecule has 88 valence electrons. The van der Waals surface area contributed by atoms with Crippen molar-refractivity contribution >= 4 is 6.03 Å². The lowest BCUT2D eigenvalue weighted by Crippen LogP contribution is -2.38. The zero-order chi connectivity index (χ0) is 11.8. The molecule has 0 unspecified atom stereocenters. The standard InChI is InChI=1S/C11H17N3O2/c1-9-8-12-4-2-10(9)3-5-13-11(16)14-6-7-15/h2,4,8,15H,3,5-7H2,1H3,(H2,13,14,16).